The van der Waals surface area contributed by atoms with Crippen LogP contribution in [0.3, 0.4) is 0 Å². The lowest BCUT2D eigenvalue weighted by Crippen LogP contribution is -2.50. The number of rotatable bonds is 6. The highest BCUT2D eigenvalue weighted by atomic mass is 16.2. The first-order chi connectivity index (χ1) is 10.2. The van der Waals surface area contributed by atoms with Crippen molar-refractivity contribution < 1.29 is 4.79 Å². The molecule has 3 heteroatoms. The summed E-state index contributed by atoms with van der Waals surface area (Å²) in [6, 6.07) is 10.5. The molecule has 2 N–H and O–H groups in total. The third-order valence-electron chi connectivity index (χ3n) is 4.27. The van der Waals surface area contributed by atoms with Crippen molar-refractivity contribution in [1.82, 2.24) is 10.6 Å². The summed E-state index contributed by atoms with van der Waals surface area (Å²) in [7, 11) is 0. The Kier molecular flexibility index (Phi) is 6.24. The molecular formula is C18H28N2O. The number of benzene rings is 1. The van der Waals surface area contributed by atoms with E-state index >= 15 is 0 Å². The second kappa shape index (κ2) is 8.18. The Morgan fingerprint density at radius 2 is 1.81 bits per heavy atom. The molecule has 2 rings (SSSR count). The van der Waals surface area contributed by atoms with Gasteiger partial charge in [-0.3, -0.25) is 4.79 Å². The summed E-state index contributed by atoms with van der Waals surface area (Å²) in [5.74, 6) is 0.449. The van der Waals surface area contributed by atoms with Gasteiger partial charge in [-0.25, -0.2) is 0 Å². The minimum Gasteiger partial charge on any atom is -0.352 e. The van der Waals surface area contributed by atoms with Crippen LogP contribution in [0.25, 0.3) is 0 Å². The summed E-state index contributed by atoms with van der Waals surface area (Å²) in [5, 5.41) is 6.65. The van der Waals surface area contributed by atoms with Crippen molar-refractivity contribution in [2.75, 3.05) is 0 Å². The van der Waals surface area contributed by atoms with E-state index in [2.05, 4.69) is 36.6 Å². The van der Waals surface area contributed by atoms with Crippen molar-refractivity contribution in [2.45, 2.75) is 64.6 Å². The minimum absolute atomic E-state index is 0.118. The molecule has 0 radical (unpaired) electrons. The fraction of sp³-hybridized carbons (Fsp3) is 0.611. The summed E-state index contributed by atoms with van der Waals surface area (Å²) in [5.41, 5.74) is 1.22. The largest absolute Gasteiger partial charge is 0.352 e. The number of nitrogens with one attached hydrogen (secondary N) is 2. The van der Waals surface area contributed by atoms with Crippen LogP contribution in [0, 0.1) is 5.92 Å². The first kappa shape index (κ1) is 16.0. The molecule has 3 nitrogen and oxygen atoms in total. The molecule has 1 aliphatic carbocycles. The zero-order chi connectivity index (χ0) is 15.1. The van der Waals surface area contributed by atoms with Crippen LogP contribution in [0.1, 0.15) is 51.5 Å². The molecule has 1 aliphatic rings. The molecular weight excluding hydrogens is 260 g/mol. The normalized spacial score (nSPS) is 17.7. The standard InChI is InChI=1S/C18H28N2O/c1-14(2)17(19-13-15-9-5-3-6-10-15)18(21)20-16-11-7-4-8-12-16/h3,5-6,9-10,14,16-17,19H,4,7-8,11-13H2,1-2H3,(H,20,21). The molecule has 116 valence electrons. The van der Waals surface area contributed by atoms with Crippen molar-refractivity contribution in [1.29, 1.82) is 0 Å². The first-order valence-electron chi connectivity index (χ1n) is 8.24. The summed E-state index contributed by atoms with van der Waals surface area (Å²) in [6.45, 7) is 4.94. The Morgan fingerprint density at radius 1 is 1.14 bits per heavy atom. The van der Waals surface area contributed by atoms with Gasteiger partial charge in [0.05, 0.1) is 6.04 Å². The molecule has 1 unspecified atom stereocenters. The van der Waals surface area contributed by atoms with E-state index in [0.717, 1.165) is 19.4 Å². The van der Waals surface area contributed by atoms with Gasteiger partial charge in [-0.1, -0.05) is 63.4 Å². The SMILES string of the molecule is CC(C)C(NCc1ccccc1)C(=O)NC1CCCCC1. The van der Waals surface area contributed by atoms with Crippen molar-refractivity contribution in [2.24, 2.45) is 5.92 Å². The second-order valence-corrected chi connectivity index (χ2v) is 6.43. The molecule has 0 saturated heterocycles. The van der Waals surface area contributed by atoms with E-state index in [1.165, 1.54) is 24.8 Å². The monoisotopic (exact) mass is 288 g/mol. The van der Waals surface area contributed by atoms with Crippen molar-refractivity contribution in [3.63, 3.8) is 0 Å². The van der Waals surface area contributed by atoms with Gasteiger partial charge in [-0.2, -0.15) is 0 Å². The molecule has 0 spiro atoms. The number of hydrogen-bond donors (Lipinski definition) is 2. The lowest BCUT2D eigenvalue weighted by molar-refractivity contribution is -0.125. The van der Waals surface area contributed by atoms with Gasteiger partial charge in [-0.05, 0) is 24.3 Å². The second-order valence-electron chi connectivity index (χ2n) is 6.43. The highest BCUT2D eigenvalue weighted by Gasteiger charge is 2.24. The van der Waals surface area contributed by atoms with Crippen LogP contribution >= 0.6 is 0 Å². The van der Waals surface area contributed by atoms with Gasteiger partial charge in [0.15, 0.2) is 0 Å². The average molecular weight is 288 g/mol. The lowest BCUT2D eigenvalue weighted by atomic mass is 9.94. The van der Waals surface area contributed by atoms with E-state index in [-0.39, 0.29) is 17.9 Å². The van der Waals surface area contributed by atoms with Crippen LogP contribution in [-0.2, 0) is 11.3 Å². The molecule has 0 bridgehead atoms. The molecule has 0 aromatic heterocycles. The van der Waals surface area contributed by atoms with E-state index in [1.54, 1.807) is 0 Å². The van der Waals surface area contributed by atoms with Crippen LogP contribution in [0.5, 0.6) is 0 Å². The van der Waals surface area contributed by atoms with Gasteiger partial charge in [-0.15, -0.1) is 0 Å². The van der Waals surface area contributed by atoms with E-state index in [4.69, 9.17) is 0 Å². The predicted molar refractivity (Wildman–Crippen MR) is 86.9 cm³/mol. The molecule has 1 aromatic rings. The molecule has 1 saturated carbocycles. The summed E-state index contributed by atoms with van der Waals surface area (Å²) >= 11 is 0. The fourth-order valence-electron chi connectivity index (χ4n) is 2.99. The fourth-order valence-corrected chi connectivity index (χ4v) is 2.99. The predicted octanol–water partition coefficient (Wildman–Crippen LogP) is 3.25. The Balaban J connectivity index is 1.86. The van der Waals surface area contributed by atoms with Gasteiger partial charge >= 0.3 is 0 Å². The third kappa shape index (κ3) is 5.16. The van der Waals surface area contributed by atoms with Crippen molar-refractivity contribution in [3.8, 4) is 0 Å². The Labute approximate surface area is 128 Å². The molecule has 1 aromatic carbocycles. The van der Waals surface area contributed by atoms with Gasteiger partial charge in [0.25, 0.3) is 0 Å². The van der Waals surface area contributed by atoms with E-state index in [0.29, 0.717) is 6.04 Å². The summed E-state index contributed by atoms with van der Waals surface area (Å²) < 4.78 is 0. The van der Waals surface area contributed by atoms with Gasteiger partial charge < -0.3 is 10.6 Å². The van der Waals surface area contributed by atoms with Crippen LogP contribution < -0.4 is 10.6 Å². The summed E-state index contributed by atoms with van der Waals surface area (Å²) in [4.78, 5) is 12.5. The van der Waals surface area contributed by atoms with E-state index < -0.39 is 0 Å². The molecule has 0 aliphatic heterocycles. The minimum atomic E-state index is -0.118. The highest BCUT2D eigenvalue weighted by molar-refractivity contribution is 5.82. The summed E-state index contributed by atoms with van der Waals surface area (Å²) in [6.07, 6.45) is 6.07. The number of carbonyl (C=O) groups is 1. The molecule has 21 heavy (non-hydrogen) atoms. The maximum absolute atomic E-state index is 12.5. The van der Waals surface area contributed by atoms with E-state index in [9.17, 15) is 4.79 Å². The number of hydrogen-bond acceptors (Lipinski definition) is 2. The molecule has 0 heterocycles. The van der Waals surface area contributed by atoms with Crippen LogP contribution in [-0.4, -0.2) is 18.0 Å². The van der Waals surface area contributed by atoms with Gasteiger partial charge in [0, 0.05) is 12.6 Å². The lowest BCUT2D eigenvalue weighted by Gasteiger charge is -2.27. The van der Waals surface area contributed by atoms with Crippen molar-refractivity contribution in [3.05, 3.63) is 35.9 Å². The van der Waals surface area contributed by atoms with Gasteiger partial charge in [0.2, 0.25) is 5.91 Å². The number of carbonyl (C=O) groups excluding carboxylic acids is 1. The maximum Gasteiger partial charge on any atom is 0.237 e. The highest BCUT2D eigenvalue weighted by Crippen LogP contribution is 2.18. The third-order valence-corrected chi connectivity index (χ3v) is 4.27. The topological polar surface area (TPSA) is 41.1 Å². The quantitative estimate of drug-likeness (QED) is 0.843. The average Bonchev–Trinajstić information content (AvgIpc) is 2.49. The van der Waals surface area contributed by atoms with Crippen LogP contribution in [0.4, 0.5) is 0 Å². The maximum atomic E-state index is 12.5. The Morgan fingerprint density at radius 3 is 2.43 bits per heavy atom. The van der Waals surface area contributed by atoms with Gasteiger partial charge in [0.1, 0.15) is 0 Å². The zero-order valence-corrected chi connectivity index (χ0v) is 13.3. The van der Waals surface area contributed by atoms with E-state index in [1.807, 2.05) is 18.2 Å². The zero-order valence-electron chi connectivity index (χ0n) is 13.3. The molecule has 1 amide bonds. The molecule has 1 atom stereocenters. The number of amides is 1. The molecule has 1 fully saturated rings. The first-order valence-corrected chi connectivity index (χ1v) is 8.24. The van der Waals surface area contributed by atoms with Crippen LogP contribution in [0.15, 0.2) is 30.3 Å². The smallest absolute Gasteiger partial charge is 0.237 e. The van der Waals surface area contributed by atoms with Crippen LogP contribution in [0.2, 0.25) is 0 Å². The Bertz CT molecular complexity index is 424. The Hall–Kier alpha value is -1.35. The van der Waals surface area contributed by atoms with Crippen molar-refractivity contribution >= 4 is 5.91 Å².